The smallest absolute Gasteiger partial charge is 0.224 e. The molecule has 26 heavy (non-hydrogen) atoms. The van der Waals surface area contributed by atoms with Crippen molar-refractivity contribution in [1.82, 2.24) is 15.5 Å². The second-order valence-electron chi connectivity index (χ2n) is 6.26. The van der Waals surface area contributed by atoms with Crippen molar-refractivity contribution in [1.29, 1.82) is 0 Å². The summed E-state index contributed by atoms with van der Waals surface area (Å²) in [5, 5.41) is 6.48. The van der Waals surface area contributed by atoms with E-state index in [1.165, 1.54) is 11.1 Å². The SMILES string of the molecule is CN=C(NCCC(=O)N(C)Cc1ccccc1)NCc1ccccc1C. The van der Waals surface area contributed by atoms with Crippen LogP contribution in [0.5, 0.6) is 0 Å². The number of carbonyl (C=O) groups is 1. The molecule has 1 amide bonds. The first-order valence-corrected chi connectivity index (χ1v) is 8.87. The molecule has 0 aliphatic carbocycles. The van der Waals surface area contributed by atoms with Crippen molar-refractivity contribution in [3.63, 3.8) is 0 Å². The van der Waals surface area contributed by atoms with Crippen LogP contribution in [0.2, 0.25) is 0 Å². The highest BCUT2D eigenvalue weighted by atomic mass is 16.2. The van der Waals surface area contributed by atoms with Gasteiger partial charge in [-0.3, -0.25) is 9.79 Å². The van der Waals surface area contributed by atoms with E-state index in [2.05, 4.69) is 34.7 Å². The Morgan fingerprint density at radius 1 is 1.04 bits per heavy atom. The zero-order chi connectivity index (χ0) is 18.8. The molecule has 5 heteroatoms. The third-order valence-corrected chi connectivity index (χ3v) is 4.25. The van der Waals surface area contributed by atoms with Gasteiger partial charge in [0.2, 0.25) is 5.91 Å². The first-order chi connectivity index (χ1) is 12.6. The molecule has 2 rings (SSSR count). The minimum absolute atomic E-state index is 0.107. The Labute approximate surface area is 156 Å². The van der Waals surface area contributed by atoms with E-state index < -0.39 is 0 Å². The highest BCUT2D eigenvalue weighted by molar-refractivity contribution is 5.81. The third kappa shape index (κ3) is 6.24. The molecule has 0 bridgehead atoms. The minimum Gasteiger partial charge on any atom is -0.356 e. The van der Waals surface area contributed by atoms with Crippen LogP contribution in [0.25, 0.3) is 0 Å². The summed E-state index contributed by atoms with van der Waals surface area (Å²) in [7, 11) is 3.57. The number of amides is 1. The van der Waals surface area contributed by atoms with Gasteiger partial charge in [-0.15, -0.1) is 0 Å². The molecule has 0 aliphatic rings. The molecule has 0 saturated heterocycles. The predicted octanol–water partition coefficient (Wildman–Crippen LogP) is 2.71. The molecule has 0 radical (unpaired) electrons. The number of guanidine groups is 1. The topological polar surface area (TPSA) is 56.7 Å². The highest BCUT2D eigenvalue weighted by Gasteiger charge is 2.09. The predicted molar refractivity (Wildman–Crippen MR) is 107 cm³/mol. The molecule has 2 N–H and O–H groups in total. The monoisotopic (exact) mass is 352 g/mol. The van der Waals surface area contributed by atoms with Crippen LogP contribution in [0.15, 0.2) is 59.6 Å². The quantitative estimate of drug-likeness (QED) is 0.595. The molecule has 0 aromatic heterocycles. The van der Waals surface area contributed by atoms with Gasteiger partial charge in [-0.2, -0.15) is 0 Å². The molecule has 0 saturated carbocycles. The number of carbonyl (C=O) groups excluding carboxylic acids is 1. The van der Waals surface area contributed by atoms with Crippen molar-refractivity contribution in [2.75, 3.05) is 20.6 Å². The van der Waals surface area contributed by atoms with Crippen LogP contribution in [0.4, 0.5) is 0 Å². The average molecular weight is 352 g/mol. The van der Waals surface area contributed by atoms with E-state index in [0.29, 0.717) is 32.0 Å². The number of hydrogen-bond acceptors (Lipinski definition) is 2. The zero-order valence-corrected chi connectivity index (χ0v) is 15.8. The highest BCUT2D eigenvalue weighted by Crippen LogP contribution is 2.06. The summed E-state index contributed by atoms with van der Waals surface area (Å²) in [6.07, 6.45) is 0.425. The Morgan fingerprint density at radius 2 is 1.73 bits per heavy atom. The van der Waals surface area contributed by atoms with Crippen LogP contribution in [0.1, 0.15) is 23.1 Å². The summed E-state index contributed by atoms with van der Waals surface area (Å²) in [6, 6.07) is 18.2. The Bertz CT molecular complexity index is 728. The lowest BCUT2D eigenvalue weighted by Crippen LogP contribution is -2.39. The number of nitrogens with zero attached hydrogens (tertiary/aromatic N) is 2. The number of rotatable bonds is 7. The molecule has 2 aromatic rings. The van der Waals surface area contributed by atoms with E-state index in [1.54, 1.807) is 11.9 Å². The van der Waals surface area contributed by atoms with Crippen LogP contribution < -0.4 is 10.6 Å². The second-order valence-corrected chi connectivity index (χ2v) is 6.26. The van der Waals surface area contributed by atoms with Crippen molar-refractivity contribution in [2.45, 2.75) is 26.4 Å². The van der Waals surface area contributed by atoms with Gasteiger partial charge in [0.25, 0.3) is 0 Å². The maximum absolute atomic E-state index is 12.3. The first-order valence-electron chi connectivity index (χ1n) is 8.87. The van der Waals surface area contributed by atoms with E-state index in [4.69, 9.17) is 0 Å². The third-order valence-electron chi connectivity index (χ3n) is 4.25. The zero-order valence-electron chi connectivity index (χ0n) is 15.8. The fraction of sp³-hybridized carbons (Fsp3) is 0.333. The molecule has 0 spiro atoms. The van der Waals surface area contributed by atoms with Crippen LogP contribution in [-0.2, 0) is 17.9 Å². The number of nitrogens with one attached hydrogen (secondary N) is 2. The van der Waals surface area contributed by atoms with Crippen molar-refractivity contribution in [3.05, 3.63) is 71.3 Å². The molecule has 138 valence electrons. The van der Waals surface area contributed by atoms with Crippen molar-refractivity contribution in [2.24, 2.45) is 4.99 Å². The maximum Gasteiger partial charge on any atom is 0.224 e. The number of hydrogen-bond donors (Lipinski definition) is 2. The summed E-state index contributed by atoms with van der Waals surface area (Å²) < 4.78 is 0. The number of aryl methyl sites for hydroxylation is 1. The summed E-state index contributed by atoms with van der Waals surface area (Å²) in [5.74, 6) is 0.808. The molecule has 0 fully saturated rings. The van der Waals surface area contributed by atoms with Crippen LogP contribution in [-0.4, -0.2) is 37.4 Å². The summed E-state index contributed by atoms with van der Waals surface area (Å²) in [4.78, 5) is 18.2. The van der Waals surface area contributed by atoms with Gasteiger partial charge in [0.05, 0.1) is 0 Å². The molecule has 0 heterocycles. The van der Waals surface area contributed by atoms with Gasteiger partial charge in [-0.05, 0) is 23.6 Å². The fourth-order valence-electron chi connectivity index (χ4n) is 2.63. The second kappa shape index (κ2) is 10.2. The first kappa shape index (κ1) is 19.5. The number of aliphatic imine (C=N–C) groups is 1. The van der Waals surface area contributed by atoms with Crippen LogP contribution in [0.3, 0.4) is 0 Å². The molecular weight excluding hydrogens is 324 g/mol. The van der Waals surface area contributed by atoms with Crippen LogP contribution in [0, 0.1) is 6.92 Å². The number of benzene rings is 2. The van der Waals surface area contributed by atoms with Crippen molar-refractivity contribution >= 4 is 11.9 Å². The average Bonchev–Trinajstić information content (AvgIpc) is 2.66. The summed E-state index contributed by atoms with van der Waals surface area (Å²) in [5.41, 5.74) is 3.61. The summed E-state index contributed by atoms with van der Waals surface area (Å²) in [6.45, 7) is 3.97. The minimum atomic E-state index is 0.107. The van der Waals surface area contributed by atoms with Crippen molar-refractivity contribution < 1.29 is 4.79 Å². The van der Waals surface area contributed by atoms with Gasteiger partial charge in [-0.25, -0.2) is 0 Å². The van der Waals surface area contributed by atoms with E-state index in [1.807, 2.05) is 49.5 Å². The summed E-state index contributed by atoms with van der Waals surface area (Å²) >= 11 is 0. The van der Waals surface area contributed by atoms with E-state index in [-0.39, 0.29) is 5.91 Å². The standard InChI is InChI=1S/C21H28N4O/c1-17-9-7-8-12-19(17)15-24-21(22-2)23-14-13-20(26)25(3)16-18-10-5-4-6-11-18/h4-12H,13-16H2,1-3H3,(H2,22,23,24). The molecule has 0 aliphatic heterocycles. The van der Waals surface area contributed by atoms with Gasteiger partial charge >= 0.3 is 0 Å². The van der Waals surface area contributed by atoms with Gasteiger partial charge in [0.1, 0.15) is 0 Å². The lowest BCUT2D eigenvalue weighted by molar-refractivity contribution is -0.130. The lowest BCUT2D eigenvalue weighted by Gasteiger charge is -2.18. The van der Waals surface area contributed by atoms with Gasteiger partial charge in [0.15, 0.2) is 5.96 Å². The van der Waals surface area contributed by atoms with E-state index in [0.717, 1.165) is 5.56 Å². The van der Waals surface area contributed by atoms with Gasteiger partial charge in [-0.1, -0.05) is 54.6 Å². The Kier molecular flexibility index (Phi) is 7.68. The molecule has 0 unspecified atom stereocenters. The Morgan fingerprint density at radius 3 is 2.42 bits per heavy atom. The fourth-order valence-corrected chi connectivity index (χ4v) is 2.63. The largest absolute Gasteiger partial charge is 0.356 e. The lowest BCUT2D eigenvalue weighted by atomic mass is 10.1. The van der Waals surface area contributed by atoms with Crippen LogP contribution >= 0.6 is 0 Å². The van der Waals surface area contributed by atoms with E-state index >= 15 is 0 Å². The van der Waals surface area contributed by atoms with Gasteiger partial charge in [0, 0.05) is 40.2 Å². The maximum atomic E-state index is 12.3. The van der Waals surface area contributed by atoms with Gasteiger partial charge < -0.3 is 15.5 Å². The Balaban J connectivity index is 1.73. The molecule has 0 atom stereocenters. The van der Waals surface area contributed by atoms with E-state index in [9.17, 15) is 4.79 Å². The molecule has 5 nitrogen and oxygen atoms in total. The Hall–Kier alpha value is -2.82. The van der Waals surface area contributed by atoms with Crippen molar-refractivity contribution in [3.8, 4) is 0 Å². The normalized spacial score (nSPS) is 11.1. The molecule has 2 aromatic carbocycles. The molecular formula is C21H28N4O.